The van der Waals surface area contributed by atoms with Crippen LogP contribution in [0.25, 0.3) is 42.2 Å². The number of aryl methyl sites for hydroxylation is 1. The zero-order valence-corrected chi connectivity index (χ0v) is 23.8. The summed E-state index contributed by atoms with van der Waals surface area (Å²) in [5, 5.41) is 5.37. The van der Waals surface area contributed by atoms with Crippen LogP contribution in [0.2, 0.25) is 0 Å². The Morgan fingerprint density at radius 3 is 2.19 bits per heavy atom. The minimum absolute atomic E-state index is 0.0511. The first-order valence-electron chi connectivity index (χ1n) is 13.3. The Hall–Kier alpha value is -2.71. The first-order chi connectivity index (χ1) is 16.9. The highest BCUT2D eigenvalue weighted by molar-refractivity contribution is 7.26. The monoisotopic (exact) mass is 491 g/mol. The van der Waals surface area contributed by atoms with Gasteiger partial charge in [0.2, 0.25) is 0 Å². The Labute approximate surface area is 219 Å². The lowest BCUT2D eigenvalue weighted by atomic mass is 9.62. The molecule has 2 aromatic heterocycles. The average Bonchev–Trinajstić information content (AvgIpc) is 3.18. The van der Waals surface area contributed by atoms with E-state index in [-0.39, 0.29) is 16.2 Å². The molecule has 0 saturated carbocycles. The van der Waals surface area contributed by atoms with Gasteiger partial charge in [-0.2, -0.15) is 0 Å². The van der Waals surface area contributed by atoms with Crippen LogP contribution >= 0.6 is 11.3 Å². The Bertz CT molecular complexity index is 1670. The molecule has 0 unspecified atom stereocenters. The van der Waals surface area contributed by atoms with Crippen LogP contribution in [0.3, 0.4) is 0 Å². The maximum atomic E-state index is 5.01. The van der Waals surface area contributed by atoms with Crippen molar-refractivity contribution >= 4 is 42.3 Å². The van der Waals surface area contributed by atoms with Gasteiger partial charge in [-0.25, -0.2) is 0 Å². The molecule has 6 rings (SSSR count). The third kappa shape index (κ3) is 3.44. The van der Waals surface area contributed by atoms with Crippen LogP contribution in [0.1, 0.15) is 83.6 Å². The molecule has 1 nitrogen and oxygen atoms in total. The van der Waals surface area contributed by atoms with Crippen LogP contribution in [0.15, 0.2) is 54.7 Å². The minimum atomic E-state index is 0.0511. The van der Waals surface area contributed by atoms with Crippen LogP contribution in [0, 0.1) is 6.92 Å². The van der Waals surface area contributed by atoms with E-state index in [1.54, 1.807) is 11.1 Å². The summed E-state index contributed by atoms with van der Waals surface area (Å²) in [4.78, 5) is 5.01. The summed E-state index contributed by atoms with van der Waals surface area (Å²) in [5.41, 5.74) is 8.75. The molecule has 3 aromatic carbocycles. The quantitative estimate of drug-likeness (QED) is 0.227. The average molecular weight is 492 g/mol. The van der Waals surface area contributed by atoms with Crippen LogP contribution in [0.5, 0.6) is 0 Å². The predicted molar refractivity (Wildman–Crippen MR) is 159 cm³/mol. The third-order valence-electron chi connectivity index (χ3n) is 8.55. The maximum absolute atomic E-state index is 5.01. The van der Waals surface area contributed by atoms with Crippen molar-refractivity contribution < 1.29 is 0 Å². The molecule has 2 heterocycles. The Morgan fingerprint density at radius 1 is 0.778 bits per heavy atom. The lowest BCUT2D eigenvalue weighted by molar-refractivity contribution is 0.333. The lowest BCUT2D eigenvalue weighted by Gasteiger charge is -2.43. The van der Waals surface area contributed by atoms with E-state index in [1.165, 1.54) is 60.5 Å². The largest absolute Gasteiger partial charge is 0.255 e. The van der Waals surface area contributed by atoms with Crippen molar-refractivity contribution in [3.63, 3.8) is 0 Å². The first kappa shape index (κ1) is 23.7. The summed E-state index contributed by atoms with van der Waals surface area (Å²) in [6, 6.07) is 18.2. The fourth-order valence-electron chi connectivity index (χ4n) is 6.64. The minimum Gasteiger partial charge on any atom is -0.255 e. The van der Waals surface area contributed by atoms with Crippen LogP contribution < -0.4 is 0 Å². The van der Waals surface area contributed by atoms with Gasteiger partial charge in [-0.1, -0.05) is 72.7 Å². The number of pyridine rings is 1. The van der Waals surface area contributed by atoms with E-state index in [0.29, 0.717) is 0 Å². The molecule has 0 saturated heterocycles. The summed E-state index contributed by atoms with van der Waals surface area (Å²) < 4.78 is 2.78. The SMILES string of the molecule is Cc1cc2c(sc3c(-c4cc(C(C)(C)C)c5ccccc5c4)nccc32)c2c1C(C)(C)CCC2(C)C. The Balaban J connectivity index is 1.71. The molecule has 36 heavy (non-hydrogen) atoms. The lowest BCUT2D eigenvalue weighted by Crippen LogP contribution is -2.34. The van der Waals surface area contributed by atoms with Crippen molar-refractivity contribution in [1.29, 1.82) is 0 Å². The molecule has 0 fully saturated rings. The Kier molecular flexibility index (Phi) is 5.03. The van der Waals surface area contributed by atoms with E-state index in [2.05, 4.69) is 104 Å². The van der Waals surface area contributed by atoms with E-state index < -0.39 is 0 Å². The van der Waals surface area contributed by atoms with E-state index >= 15 is 0 Å². The molecule has 0 radical (unpaired) electrons. The molecule has 0 N–H and O–H groups in total. The second-order valence-electron chi connectivity index (χ2n) is 13.2. The van der Waals surface area contributed by atoms with Gasteiger partial charge >= 0.3 is 0 Å². The fraction of sp³-hybridized carbons (Fsp3) is 0.382. The zero-order valence-electron chi connectivity index (χ0n) is 23.0. The molecule has 0 aliphatic heterocycles. The number of nitrogens with zero attached hydrogens (tertiary/aromatic N) is 1. The van der Waals surface area contributed by atoms with Gasteiger partial charge in [0.15, 0.2) is 0 Å². The molecule has 0 spiro atoms. The molecule has 2 heteroatoms. The summed E-state index contributed by atoms with van der Waals surface area (Å²) in [6.45, 7) is 19.0. The van der Waals surface area contributed by atoms with Crippen molar-refractivity contribution in [2.45, 2.75) is 84.5 Å². The second kappa shape index (κ2) is 7.65. The number of fused-ring (bicyclic) bond motifs is 6. The van der Waals surface area contributed by atoms with Gasteiger partial charge in [0.05, 0.1) is 10.4 Å². The third-order valence-corrected chi connectivity index (χ3v) is 9.79. The number of aromatic nitrogens is 1. The number of hydrogen-bond donors (Lipinski definition) is 0. The number of thiophene rings is 1. The van der Waals surface area contributed by atoms with Gasteiger partial charge in [0, 0.05) is 27.2 Å². The molecule has 184 valence electrons. The van der Waals surface area contributed by atoms with Gasteiger partial charge in [0.1, 0.15) is 0 Å². The molecule has 5 aromatic rings. The zero-order chi connectivity index (χ0) is 25.6. The van der Waals surface area contributed by atoms with E-state index in [4.69, 9.17) is 4.98 Å². The van der Waals surface area contributed by atoms with Crippen molar-refractivity contribution in [3.8, 4) is 11.3 Å². The predicted octanol–water partition coefficient (Wildman–Crippen LogP) is 10.2. The Morgan fingerprint density at radius 2 is 1.47 bits per heavy atom. The molecule has 0 atom stereocenters. The van der Waals surface area contributed by atoms with Crippen molar-refractivity contribution in [2.75, 3.05) is 0 Å². The molecule has 1 aliphatic carbocycles. The number of rotatable bonds is 1. The fourth-order valence-corrected chi connectivity index (χ4v) is 8.16. The van der Waals surface area contributed by atoms with Crippen LogP contribution in [0.4, 0.5) is 0 Å². The van der Waals surface area contributed by atoms with E-state index in [0.717, 1.165) is 5.69 Å². The summed E-state index contributed by atoms with van der Waals surface area (Å²) in [5.74, 6) is 0. The van der Waals surface area contributed by atoms with Gasteiger partial charge in [-0.15, -0.1) is 11.3 Å². The molecule has 0 bridgehead atoms. The van der Waals surface area contributed by atoms with Gasteiger partial charge in [0.25, 0.3) is 0 Å². The highest BCUT2D eigenvalue weighted by Gasteiger charge is 2.40. The van der Waals surface area contributed by atoms with Gasteiger partial charge in [-0.05, 0) is 93.3 Å². The van der Waals surface area contributed by atoms with E-state index in [1.807, 2.05) is 17.5 Å². The van der Waals surface area contributed by atoms with Crippen molar-refractivity contribution in [3.05, 3.63) is 77.0 Å². The number of hydrogen-bond acceptors (Lipinski definition) is 2. The normalized spacial score (nSPS) is 17.1. The number of benzene rings is 3. The smallest absolute Gasteiger partial charge is 0.0880 e. The molecule has 1 aliphatic rings. The van der Waals surface area contributed by atoms with Crippen LogP contribution in [-0.2, 0) is 16.2 Å². The van der Waals surface area contributed by atoms with E-state index in [9.17, 15) is 0 Å². The maximum Gasteiger partial charge on any atom is 0.0880 e. The second-order valence-corrected chi connectivity index (χ2v) is 14.2. The van der Waals surface area contributed by atoms with Gasteiger partial charge < -0.3 is 0 Å². The standard InChI is InChI=1S/C34H37NS/c1-20-17-25-24-13-16-35-29(22-18-21-11-9-10-12-23(21)26(19-22)32(2,3)4)31(24)36-30(25)28-27(20)33(5,6)14-15-34(28,7)8/h9-13,16-19H,14-15H2,1-8H3. The first-order valence-corrected chi connectivity index (χ1v) is 14.1. The van der Waals surface area contributed by atoms with Crippen molar-refractivity contribution in [2.24, 2.45) is 0 Å². The van der Waals surface area contributed by atoms with Crippen molar-refractivity contribution in [1.82, 2.24) is 4.98 Å². The summed E-state index contributed by atoms with van der Waals surface area (Å²) in [6.07, 6.45) is 4.48. The highest BCUT2D eigenvalue weighted by atomic mass is 32.1. The summed E-state index contributed by atoms with van der Waals surface area (Å²) >= 11 is 1.97. The molecular weight excluding hydrogens is 454 g/mol. The molecular formula is C34H37NS. The molecule has 0 amide bonds. The van der Waals surface area contributed by atoms with Gasteiger partial charge in [-0.3, -0.25) is 4.98 Å². The summed E-state index contributed by atoms with van der Waals surface area (Å²) in [7, 11) is 0. The topological polar surface area (TPSA) is 12.9 Å². The van der Waals surface area contributed by atoms with Crippen LogP contribution in [-0.4, -0.2) is 4.98 Å². The highest BCUT2D eigenvalue weighted by Crippen LogP contribution is 2.53.